The van der Waals surface area contributed by atoms with Gasteiger partial charge in [0.25, 0.3) is 5.91 Å². The first-order chi connectivity index (χ1) is 8.56. The van der Waals surface area contributed by atoms with Crippen molar-refractivity contribution in [2.75, 3.05) is 5.32 Å². The zero-order chi connectivity index (χ0) is 13.1. The first-order valence-electron chi connectivity index (χ1n) is 5.43. The number of benzene rings is 2. The first kappa shape index (κ1) is 12.6. The number of halogens is 1. The Labute approximate surface area is 110 Å². The molecule has 1 amide bonds. The van der Waals surface area contributed by atoms with Crippen LogP contribution in [0.1, 0.15) is 15.9 Å². The fourth-order valence-corrected chi connectivity index (χ4v) is 1.79. The molecule has 2 rings (SSSR count). The van der Waals surface area contributed by atoms with E-state index in [2.05, 4.69) is 17.9 Å². The Morgan fingerprint density at radius 2 is 2.00 bits per heavy atom. The van der Waals surface area contributed by atoms with Crippen molar-refractivity contribution >= 4 is 24.2 Å². The van der Waals surface area contributed by atoms with Gasteiger partial charge in [0, 0.05) is 16.1 Å². The maximum atomic E-state index is 13.0. The summed E-state index contributed by atoms with van der Waals surface area (Å²) in [6, 6.07) is 11.5. The molecular formula is C14H12FNOS. The number of hydrogen-bond donors (Lipinski definition) is 2. The van der Waals surface area contributed by atoms with Gasteiger partial charge in [0.05, 0.1) is 0 Å². The number of carbonyl (C=O) groups excluding carboxylic acids is 1. The lowest BCUT2D eigenvalue weighted by molar-refractivity contribution is 0.102. The molecule has 0 heterocycles. The molecule has 2 nitrogen and oxygen atoms in total. The number of carbonyl (C=O) groups is 1. The molecule has 2 aromatic rings. The van der Waals surface area contributed by atoms with Crippen molar-refractivity contribution in [3.63, 3.8) is 0 Å². The van der Waals surface area contributed by atoms with Gasteiger partial charge in [0.15, 0.2) is 0 Å². The third-order valence-electron chi connectivity index (χ3n) is 2.48. The molecule has 0 saturated heterocycles. The highest BCUT2D eigenvalue weighted by atomic mass is 32.1. The van der Waals surface area contributed by atoms with Crippen molar-refractivity contribution in [2.24, 2.45) is 0 Å². The second-order valence-electron chi connectivity index (χ2n) is 3.99. The highest BCUT2D eigenvalue weighted by molar-refractivity contribution is 7.80. The normalized spacial score (nSPS) is 10.2. The summed E-state index contributed by atoms with van der Waals surface area (Å²) in [5.74, 6) is -0.721. The molecule has 1 N–H and O–H groups in total. The molecule has 0 unspecified atom stereocenters. The molecular weight excluding hydrogens is 249 g/mol. The van der Waals surface area contributed by atoms with Gasteiger partial charge in [-0.15, -0.1) is 12.6 Å². The fourth-order valence-electron chi connectivity index (χ4n) is 1.58. The van der Waals surface area contributed by atoms with Crippen LogP contribution in [0.4, 0.5) is 10.1 Å². The van der Waals surface area contributed by atoms with Crippen molar-refractivity contribution in [1.82, 2.24) is 0 Å². The Balaban J connectivity index is 2.19. The fraction of sp³-hybridized carbons (Fsp3) is 0.0714. The summed E-state index contributed by atoms with van der Waals surface area (Å²) in [4.78, 5) is 12.1. The molecule has 0 saturated carbocycles. The van der Waals surface area contributed by atoms with Crippen LogP contribution in [-0.4, -0.2) is 5.91 Å². The minimum Gasteiger partial charge on any atom is -0.322 e. The van der Waals surface area contributed by atoms with E-state index in [4.69, 9.17) is 0 Å². The van der Waals surface area contributed by atoms with Gasteiger partial charge in [0.2, 0.25) is 0 Å². The van der Waals surface area contributed by atoms with Crippen LogP contribution >= 0.6 is 12.6 Å². The minimum atomic E-state index is -0.439. The van der Waals surface area contributed by atoms with Gasteiger partial charge >= 0.3 is 0 Å². The maximum Gasteiger partial charge on any atom is 0.255 e. The van der Waals surface area contributed by atoms with Gasteiger partial charge < -0.3 is 5.32 Å². The molecule has 18 heavy (non-hydrogen) atoms. The Hall–Kier alpha value is -1.81. The molecule has 0 aromatic heterocycles. The summed E-state index contributed by atoms with van der Waals surface area (Å²) in [7, 11) is 0. The van der Waals surface area contributed by atoms with E-state index in [-0.39, 0.29) is 10.8 Å². The first-order valence-corrected chi connectivity index (χ1v) is 5.87. The number of rotatable bonds is 2. The summed E-state index contributed by atoms with van der Waals surface area (Å²) in [6.45, 7) is 1.94. The van der Waals surface area contributed by atoms with Gasteiger partial charge in [-0.1, -0.05) is 12.1 Å². The van der Waals surface area contributed by atoms with E-state index in [1.165, 1.54) is 18.2 Å². The molecule has 0 fully saturated rings. The highest BCUT2D eigenvalue weighted by Gasteiger charge is 2.08. The van der Waals surface area contributed by atoms with Crippen molar-refractivity contribution < 1.29 is 9.18 Å². The molecule has 0 spiro atoms. The van der Waals surface area contributed by atoms with E-state index in [1.54, 1.807) is 6.07 Å². The number of hydrogen-bond acceptors (Lipinski definition) is 2. The Bertz CT molecular complexity index is 598. The number of nitrogens with one attached hydrogen (secondary N) is 1. The number of anilines is 1. The van der Waals surface area contributed by atoms with Gasteiger partial charge in [-0.2, -0.15) is 0 Å². The van der Waals surface area contributed by atoms with Crippen LogP contribution in [0.25, 0.3) is 0 Å². The molecule has 0 aliphatic rings. The smallest absolute Gasteiger partial charge is 0.255 e. The van der Waals surface area contributed by atoms with E-state index in [0.29, 0.717) is 11.3 Å². The molecule has 4 heteroatoms. The average molecular weight is 261 g/mol. The van der Waals surface area contributed by atoms with Gasteiger partial charge in [-0.25, -0.2) is 4.39 Å². The van der Waals surface area contributed by atoms with Crippen LogP contribution in [0.5, 0.6) is 0 Å². The van der Waals surface area contributed by atoms with E-state index in [9.17, 15) is 9.18 Å². The highest BCUT2D eigenvalue weighted by Crippen LogP contribution is 2.16. The van der Waals surface area contributed by atoms with Gasteiger partial charge in [-0.05, 0) is 42.8 Å². The third kappa shape index (κ3) is 2.90. The number of aryl methyl sites for hydroxylation is 1. The zero-order valence-electron chi connectivity index (χ0n) is 9.77. The van der Waals surface area contributed by atoms with E-state index in [1.807, 2.05) is 25.1 Å². The van der Waals surface area contributed by atoms with Crippen LogP contribution in [0, 0.1) is 12.7 Å². The van der Waals surface area contributed by atoms with E-state index < -0.39 is 5.82 Å². The van der Waals surface area contributed by atoms with Gasteiger partial charge in [-0.3, -0.25) is 4.79 Å². The lowest BCUT2D eigenvalue weighted by atomic mass is 10.2. The Morgan fingerprint density at radius 3 is 2.67 bits per heavy atom. The largest absolute Gasteiger partial charge is 0.322 e. The van der Waals surface area contributed by atoms with E-state index in [0.717, 1.165) is 5.56 Å². The topological polar surface area (TPSA) is 29.1 Å². The van der Waals surface area contributed by atoms with Crippen LogP contribution in [0.2, 0.25) is 0 Å². The van der Waals surface area contributed by atoms with Crippen LogP contribution < -0.4 is 5.32 Å². The van der Waals surface area contributed by atoms with Crippen molar-refractivity contribution in [3.8, 4) is 0 Å². The van der Waals surface area contributed by atoms with Gasteiger partial charge in [0.1, 0.15) is 5.82 Å². The van der Waals surface area contributed by atoms with Crippen LogP contribution in [0.15, 0.2) is 47.4 Å². The zero-order valence-corrected chi connectivity index (χ0v) is 10.7. The summed E-state index contributed by atoms with van der Waals surface area (Å²) < 4.78 is 13.0. The van der Waals surface area contributed by atoms with Crippen LogP contribution in [-0.2, 0) is 0 Å². The molecule has 0 atom stereocenters. The quantitative estimate of drug-likeness (QED) is 0.793. The molecule has 0 aliphatic heterocycles. The molecule has 0 aliphatic carbocycles. The van der Waals surface area contributed by atoms with E-state index >= 15 is 0 Å². The molecule has 0 radical (unpaired) electrons. The number of amides is 1. The summed E-state index contributed by atoms with van der Waals surface area (Å²) in [5, 5.41) is 2.75. The molecule has 92 valence electrons. The van der Waals surface area contributed by atoms with Crippen molar-refractivity contribution in [2.45, 2.75) is 11.8 Å². The van der Waals surface area contributed by atoms with Crippen molar-refractivity contribution in [1.29, 1.82) is 0 Å². The lowest BCUT2D eigenvalue weighted by Gasteiger charge is -2.06. The Morgan fingerprint density at radius 1 is 1.22 bits per heavy atom. The molecule has 0 bridgehead atoms. The monoisotopic (exact) mass is 261 g/mol. The summed E-state index contributed by atoms with van der Waals surface area (Å²) >= 11 is 3.95. The standard InChI is InChI=1S/C14H12FNOS/c1-9-3-2-4-11(7-9)16-14(17)10-5-6-12(15)13(18)8-10/h2-8,18H,1H3,(H,16,17). The number of thiol groups is 1. The third-order valence-corrected chi connectivity index (χ3v) is 2.83. The predicted molar refractivity (Wildman–Crippen MR) is 72.8 cm³/mol. The van der Waals surface area contributed by atoms with Crippen molar-refractivity contribution in [3.05, 3.63) is 59.4 Å². The predicted octanol–water partition coefficient (Wildman–Crippen LogP) is 3.68. The maximum absolute atomic E-state index is 13.0. The average Bonchev–Trinajstić information content (AvgIpc) is 2.32. The minimum absolute atomic E-state index is 0.159. The van der Waals surface area contributed by atoms with Crippen LogP contribution in [0.3, 0.4) is 0 Å². The second-order valence-corrected chi connectivity index (χ2v) is 4.47. The lowest BCUT2D eigenvalue weighted by Crippen LogP contribution is -2.12. The summed E-state index contributed by atoms with van der Waals surface area (Å²) in [6.07, 6.45) is 0. The molecule has 2 aromatic carbocycles. The second kappa shape index (κ2) is 5.23. The SMILES string of the molecule is Cc1cccc(NC(=O)c2ccc(F)c(S)c2)c1. The summed E-state index contributed by atoms with van der Waals surface area (Å²) in [5.41, 5.74) is 2.15. The Kier molecular flexibility index (Phi) is 3.67.